The minimum absolute atomic E-state index is 0.125. The standard InChI is InChI=1S/C12H21N5O2S/c1-10(2)16-6-8-17(9-7-16)20(18,19)11-4-3-5-14-12(11)15-13/h3-5,10H,6-9,13H2,1-2H3,(H,14,15). The lowest BCUT2D eigenvalue weighted by Gasteiger charge is -2.36. The van der Waals surface area contributed by atoms with Gasteiger partial charge in [-0.25, -0.2) is 19.2 Å². The molecule has 2 heterocycles. The maximum atomic E-state index is 12.6. The van der Waals surface area contributed by atoms with Crippen molar-refractivity contribution in [3.63, 3.8) is 0 Å². The van der Waals surface area contributed by atoms with E-state index in [1.807, 2.05) is 0 Å². The van der Waals surface area contributed by atoms with E-state index >= 15 is 0 Å². The number of anilines is 1. The molecule has 0 atom stereocenters. The highest BCUT2D eigenvalue weighted by Crippen LogP contribution is 2.23. The lowest BCUT2D eigenvalue weighted by molar-refractivity contribution is 0.154. The Morgan fingerprint density at radius 3 is 2.50 bits per heavy atom. The zero-order chi connectivity index (χ0) is 14.8. The molecule has 0 spiro atoms. The number of hydrazine groups is 1. The second kappa shape index (κ2) is 6.04. The maximum Gasteiger partial charge on any atom is 0.246 e. The van der Waals surface area contributed by atoms with E-state index in [9.17, 15) is 8.42 Å². The van der Waals surface area contributed by atoms with Crippen LogP contribution in [0.3, 0.4) is 0 Å². The van der Waals surface area contributed by atoms with Crippen molar-refractivity contribution in [2.24, 2.45) is 5.84 Å². The third-order valence-corrected chi connectivity index (χ3v) is 5.46. The molecular formula is C12H21N5O2S. The molecule has 1 fully saturated rings. The summed E-state index contributed by atoms with van der Waals surface area (Å²) in [6.07, 6.45) is 1.50. The predicted molar refractivity (Wildman–Crippen MR) is 77.5 cm³/mol. The van der Waals surface area contributed by atoms with Crippen molar-refractivity contribution in [2.75, 3.05) is 31.6 Å². The fourth-order valence-corrected chi connectivity index (χ4v) is 3.84. The number of piperazine rings is 1. The summed E-state index contributed by atoms with van der Waals surface area (Å²) in [6.45, 7) is 6.67. The van der Waals surface area contributed by atoms with E-state index in [4.69, 9.17) is 5.84 Å². The first-order valence-electron chi connectivity index (χ1n) is 6.62. The number of hydrogen-bond donors (Lipinski definition) is 2. The fourth-order valence-electron chi connectivity index (χ4n) is 2.31. The number of rotatable bonds is 4. The summed E-state index contributed by atoms with van der Waals surface area (Å²) in [6, 6.07) is 3.55. The van der Waals surface area contributed by atoms with Crippen LogP contribution in [-0.2, 0) is 10.0 Å². The van der Waals surface area contributed by atoms with Crippen LogP contribution in [0, 0.1) is 0 Å². The predicted octanol–water partition coefficient (Wildman–Crippen LogP) is 0.0819. The minimum atomic E-state index is -3.55. The molecule has 0 aliphatic carbocycles. The molecule has 112 valence electrons. The average Bonchev–Trinajstić information content (AvgIpc) is 2.47. The molecule has 1 aliphatic rings. The Labute approximate surface area is 119 Å². The van der Waals surface area contributed by atoms with Crippen LogP contribution in [0.25, 0.3) is 0 Å². The molecule has 0 amide bonds. The Balaban J connectivity index is 2.20. The van der Waals surface area contributed by atoms with Crippen LogP contribution in [0.15, 0.2) is 23.2 Å². The normalized spacial score (nSPS) is 18.4. The van der Waals surface area contributed by atoms with Gasteiger partial charge in [-0.15, -0.1) is 0 Å². The number of hydrogen-bond acceptors (Lipinski definition) is 6. The van der Waals surface area contributed by atoms with Gasteiger partial charge < -0.3 is 5.43 Å². The Morgan fingerprint density at radius 2 is 1.95 bits per heavy atom. The quantitative estimate of drug-likeness (QED) is 0.604. The van der Waals surface area contributed by atoms with Crippen molar-refractivity contribution in [1.29, 1.82) is 0 Å². The molecule has 8 heteroatoms. The molecule has 1 aliphatic heterocycles. The van der Waals surface area contributed by atoms with Crippen LogP contribution in [0.1, 0.15) is 13.8 Å². The highest BCUT2D eigenvalue weighted by Gasteiger charge is 2.31. The molecule has 20 heavy (non-hydrogen) atoms. The fraction of sp³-hybridized carbons (Fsp3) is 0.583. The number of nitrogens with one attached hydrogen (secondary N) is 1. The zero-order valence-corrected chi connectivity index (χ0v) is 12.6. The Kier molecular flexibility index (Phi) is 4.59. The van der Waals surface area contributed by atoms with Gasteiger partial charge >= 0.3 is 0 Å². The Bertz CT molecular complexity index is 553. The van der Waals surface area contributed by atoms with E-state index in [0.29, 0.717) is 19.1 Å². The van der Waals surface area contributed by atoms with Gasteiger partial charge in [0.05, 0.1) is 0 Å². The number of sulfonamides is 1. The van der Waals surface area contributed by atoms with Crippen molar-refractivity contribution >= 4 is 15.8 Å². The van der Waals surface area contributed by atoms with Gasteiger partial charge in [-0.2, -0.15) is 4.31 Å². The highest BCUT2D eigenvalue weighted by molar-refractivity contribution is 7.89. The molecule has 1 aromatic rings. The van der Waals surface area contributed by atoms with Crippen LogP contribution in [0.2, 0.25) is 0 Å². The van der Waals surface area contributed by atoms with Crippen LogP contribution >= 0.6 is 0 Å². The Hall–Kier alpha value is -1.22. The highest BCUT2D eigenvalue weighted by atomic mass is 32.2. The number of nitrogens with zero attached hydrogens (tertiary/aromatic N) is 3. The molecule has 0 unspecified atom stereocenters. The van der Waals surface area contributed by atoms with Gasteiger partial charge in [-0.1, -0.05) is 0 Å². The van der Waals surface area contributed by atoms with Crippen molar-refractivity contribution in [3.05, 3.63) is 18.3 Å². The molecule has 0 bridgehead atoms. The molecule has 3 N–H and O–H groups in total. The number of nitrogen functional groups attached to an aromatic ring is 1. The first kappa shape index (κ1) is 15.2. The van der Waals surface area contributed by atoms with Crippen LogP contribution in [-0.4, -0.2) is 54.8 Å². The summed E-state index contributed by atoms with van der Waals surface area (Å²) in [5.41, 5.74) is 2.34. The molecular weight excluding hydrogens is 278 g/mol. The van der Waals surface area contributed by atoms with Crippen LogP contribution < -0.4 is 11.3 Å². The molecule has 7 nitrogen and oxygen atoms in total. The van der Waals surface area contributed by atoms with Crippen molar-refractivity contribution in [2.45, 2.75) is 24.8 Å². The van der Waals surface area contributed by atoms with Gasteiger partial charge in [0.25, 0.3) is 0 Å². The third kappa shape index (κ3) is 2.93. The zero-order valence-electron chi connectivity index (χ0n) is 11.8. The van der Waals surface area contributed by atoms with Crippen molar-refractivity contribution in [3.8, 4) is 0 Å². The van der Waals surface area contributed by atoms with E-state index in [1.165, 1.54) is 16.6 Å². The van der Waals surface area contributed by atoms with Crippen LogP contribution in [0.4, 0.5) is 5.82 Å². The molecule has 0 saturated carbocycles. The number of aromatic nitrogens is 1. The van der Waals surface area contributed by atoms with Gasteiger partial charge in [0.15, 0.2) is 5.82 Å². The number of nitrogens with two attached hydrogens (primary N) is 1. The molecule has 1 saturated heterocycles. The maximum absolute atomic E-state index is 12.6. The van der Waals surface area contributed by atoms with E-state index in [1.54, 1.807) is 6.07 Å². The molecule has 1 aromatic heterocycles. The third-order valence-electron chi connectivity index (χ3n) is 3.53. The van der Waals surface area contributed by atoms with Gasteiger partial charge in [-0.05, 0) is 26.0 Å². The van der Waals surface area contributed by atoms with Gasteiger partial charge in [0.1, 0.15) is 4.90 Å². The first-order chi connectivity index (χ1) is 9.46. The van der Waals surface area contributed by atoms with Crippen molar-refractivity contribution < 1.29 is 8.42 Å². The summed E-state index contributed by atoms with van der Waals surface area (Å²) in [5.74, 6) is 5.51. The van der Waals surface area contributed by atoms with Crippen LogP contribution in [0.5, 0.6) is 0 Å². The Morgan fingerprint density at radius 1 is 1.30 bits per heavy atom. The van der Waals surface area contributed by atoms with Gasteiger partial charge in [0, 0.05) is 38.4 Å². The smallest absolute Gasteiger partial charge is 0.246 e. The molecule has 0 aromatic carbocycles. The second-order valence-corrected chi connectivity index (χ2v) is 6.93. The summed E-state index contributed by atoms with van der Waals surface area (Å²) in [4.78, 5) is 6.34. The molecule has 0 radical (unpaired) electrons. The lowest BCUT2D eigenvalue weighted by atomic mass is 10.3. The summed E-state index contributed by atoms with van der Waals surface area (Å²) < 4.78 is 26.7. The van der Waals surface area contributed by atoms with E-state index < -0.39 is 10.0 Å². The second-order valence-electron chi connectivity index (χ2n) is 5.03. The SMILES string of the molecule is CC(C)N1CCN(S(=O)(=O)c2cccnc2NN)CC1. The largest absolute Gasteiger partial charge is 0.307 e. The lowest BCUT2D eigenvalue weighted by Crippen LogP contribution is -2.50. The van der Waals surface area contributed by atoms with Gasteiger partial charge in [-0.3, -0.25) is 4.90 Å². The minimum Gasteiger partial charge on any atom is -0.307 e. The summed E-state index contributed by atoms with van der Waals surface area (Å²) in [7, 11) is -3.55. The average molecular weight is 299 g/mol. The summed E-state index contributed by atoms with van der Waals surface area (Å²) >= 11 is 0. The van der Waals surface area contributed by atoms with E-state index in [-0.39, 0.29) is 10.7 Å². The van der Waals surface area contributed by atoms with E-state index in [0.717, 1.165) is 13.1 Å². The monoisotopic (exact) mass is 299 g/mol. The van der Waals surface area contributed by atoms with E-state index in [2.05, 4.69) is 29.2 Å². The molecule has 2 rings (SSSR count). The summed E-state index contributed by atoms with van der Waals surface area (Å²) in [5, 5.41) is 0. The van der Waals surface area contributed by atoms with Crippen molar-refractivity contribution in [1.82, 2.24) is 14.2 Å². The number of pyridine rings is 1. The topological polar surface area (TPSA) is 91.6 Å². The van der Waals surface area contributed by atoms with Gasteiger partial charge in [0.2, 0.25) is 10.0 Å². The first-order valence-corrected chi connectivity index (χ1v) is 8.06.